The Hall–Kier alpha value is -4.01. The summed E-state index contributed by atoms with van der Waals surface area (Å²) in [5, 5.41) is 22.2. The zero-order valence-corrected chi connectivity index (χ0v) is 23.4. The molecule has 0 aliphatic carbocycles. The number of hydrogen-bond acceptors (Lipinski definition) is 5. The molecule has 0 aliphatic rings. The summed E-state index contributed by atoms with van der Waals surface area (Å²) in [5.74, 6) is 0. The Kier molecular flexibility index (Phi) is 13.3. The lowest BCUT2D eigenvalue weighted by molar-refractivity contribution is 0.589. The third-order valence-corrected chi connectivity index (χ3v) is 5.72. The van der Waals surface area contributed by atoms with Crippen LogP contribution < -0.4 is 20.9 Å². The monoisotopic (exact) mass is 497 g/mol. The zero-order chi connectivity index (χ0) is 28.0. The molecule has 196 valence electrons. The van der Waals surface area contributed by atoms with Crippen LogP contribution in [0.2, 0.25) is 0 Å². The molecule has 0 spiro atoms. The molecule has 3 aromatic rings. The first kappa shape index (κ1) is 31.0. The number of hydrogen-bond donors (Lipinski definition) is 3. The molecule has 5 nitrogen and oxygen atoms in total. The van der Waals surface area contributed by atoms with Crippen molar-refractivity contribution in [2.24, 2.45) is 0 Å². The minimum atomic E-state index is -0.0999. The Balaban J connectivity index is 0.00000163. The van der Waals surface area contributed by atoms with Crippen LogP contribution >= 0.6 is 0 Å². The Morgan fingerprint density at radius 2 is 1.73 bits per heavy atom. The molecule has 1 unspecified atom stereocenters. The predicted octanol–water partition coefficient (Wildman–Crippen LogP) is 7.47. The number of nitrogens with one attached hydrogen (secondary N) is 3. The van der Waals surface area contributed by atoms with Crippen molar-refractivity contribution in [3.8, 4) is 6.07 Å². The number of benzene rings is 3. The van der Waals surface area contributed by atoms with Crippen LogP contribution in [-0.4, -0.2) is 19.8 Å². The second-order valence-electron chi connectivity index (χ2n) is 8.34. The number of nitrogens with zero attached hydrogens (tertiary/aromatic N) is 2. The molecule has 0 saturated carbocycles. The fourth-order valence-electron chi connectivity index (χ4n) is 4.18. The van der Waals surface area contributed by atoms with Crippen molar-refractivity contribution in [2.75, 3.05) is 23.8 Å². The third-order valence-electron chi connectivity index (χ3n) is 5.72. The lowest BCUT2D eigenvalue weighted by atomic mass is 9.99. The highest BCUT2D eigenvalue weighted by atomic mass is 15.3. The fourth-order valence-corrected chi connectivity index (χ4v) is 4.18. The van der Waals surface area contributed by atoms with Crippen LogP contribution in [0.4, 0.5) is 11.4 Å². The van der Waals surface area contributed by atoms with Crippen molar-refractivity contribution in [1.82, 2.24) is 10.6 Å². The van der Waals surface area contributed by atoms with E-state index in [1.54, 1.807) is 0 Å². The lowest BCUT2D eigenvalue weighted by Crippen LogP contribution is -2.43. The number of rotatable bonds is 10. The van der Waals surface area contributed by atoms with Gasteiger partial charge < -0.3 is 20.9 Å². The zero-order valence-electron chi connectivity index (χ0n) is 23.4. The van der Waals surface area contributed by atoms with Crippen molar-refractivity contribution < 1.29 is 0 Å². The van der Waals surface area contributed by atoms with Crippen LogP contribution in [0.25, 0.3) is 10.8 Å². The van der Waals surface area contributed by atoms with Gasteiger partial charge in [0, 0.05) is 24.5 Å². The molecule has 0 aromatic heterocycles. The van der Waals surface area contributed by atoms with E-state index in [-0.39, 0.29) is 6.17 Å². The Labute approximate surface area is 224 Å². The van der Waals surface area contributed by atoms with Gasteiger partial charge in [0.15, 0.2) is 0 Å². The molecule has 0 fully saturated rings. The van der Waals surface area contributed by atoms with Gasteiger partial charge >= 0.3 is 0 Å². The summed E-state index contributed by atoms with van der Waals surface area (Å²) >= 11 is 0. The number of fused-ring (bicyclic) bond motifs is 1. The van der Waals surface area contributed by atoms with Crippen molar-refractivity contribution in [2.45, 2.75) is 47.3 Å². The van der Waals surface area contributed by atoms with Crippen LogP contribution in [0.1, 0.15) is 44.4 Å². The van der Waals surface area contributed by atoms with E-state index in [4.69, 9.17) is 0 Å². The number of aryl methyl sites for hydroxylation is 1. The number of likely N-dealkylation sites (N-methyl/N-ethyl adjacent to an activating group) is 1. The number of nitriles is 1. The predicted molar refractivity (Wildman–Crippen MR) is 163 cm³/mol. The summed E-state index contributed by atoms with van der Waals surface area (Å²) in [6, 6.07) is 20.8. The minimum Gasteiger partial charge on any atom is -0.379 e. The molecule has 0 radical (unpaired) electrons. The van der Waals surface area contributed by atoms with Crippen molar-refractivity contribution >= 4 is 22.1 Å². The lowest BCUT2D eigenvalue weighted by Gasteiger charge is -2.35. The maximum absolute atomic E-state index is 9.54. The molecule has 0 amide bonds. The molecule has 1 atom stereocenters. The van der Waals surface area contributed by atoms with Gasteiger partial charge in [-0.3, -0.25) is 0 Å². The summed E-state index contributed by atoms with van der Waals surface area (Å²) in [6.45, 7) is 25.8. The van der Waals surface area contributed by atoms with E-state index in [1.165, 1.54) is 21.9 Å². The highest BCUT2D eigenvalue weighted by Crippen LogP contribution is 2.32. The van der Waals surface area contributed by atoms with Gasteiger partial charge in [0.2, 0.25) is 0 Å². The van der Waals surface area contributed by atoms with Gasteiger partial charge in [0.25, 0.3) is 0 Å². The van der Waals surface area contributed by atoms with Crippen LogP contribution in [0, 0.1) is 18.3 Å². The number of anilines is 2. The highest BCUT2D eigenvalue weighted by molar-refractivity contribution is 5.87. The maximum Gasteiger partial charge on any atom is 0.100 e. The second kappa shape index (κ2) is 15.9. The Morgan fingerprint density at radius 1 is 1.05 bits per heavy atom. The average molecular weight is 498 g/mol. The quantitative estimate of drug-likeness (QED) is 0.200. The standard InChI is InChI=1S/C28H33N5.C2H6.C2H4/c1-19(2)33(22(5)32-21(4)17-30-6)28-15-23(16-29)12-14-27(28)31-18-26-20(3)11-13-24-9-7-8-10-25(24)26;2*1-2/h7-15,22,30-32H,1,4,17-18H2,2-3,5-6H3;1-2H3;1-2H2. The van der Waals surface area contributed by atoms with Gasteiger partial charge in [-0.15, -0.1) is 13.2 Å². The molecule has 3 aromatic carbocycles. The van der Waals surface area contributed by atoms with Crippen molar-refractivity contribution in [3.05, 3.63) is 109 Å². The van der Waals surface area contributed by atoms with Crippen LogP contribution in [0.15, 0.2) is 92.3 Å². The molecule has 0 heterocycles. The van der Waals surface area contributed by atoms with Gasteiger partial charge in [-0.2, -0.15) is 5.26 Å². The van der Waals surface area contributed by atoms with E-state index < -0.39 is 0 Å². The van der Waals surface area contributed by atoms with E-state index in [9.17, 15) is 5.26 Å². The minimum absolute atomic E-state index is 0.0999. The molecular formula is C32H43N5. The van der Waals surface area contributed by atoms with Crippen molar-refractivity contribution in [1.29, 1.82) is 5.26 Å². The smallest absolute Gasteiger partial charge is 0.100 e. The largest absolute Gasteiger partial charge is 0.379 e. The van der Waals surface area contributed by atoms with E-state index in [2.05, 4.69) is 103 Å². The van der Waals surface area contributed by atoms with Crippen LogP contribution in [0.3, 0.4) is 0 Å². The summed E-state index contributed by atoms with van der Waals surface area (Å²) in [5.41, 5.74) is 6.70. The van der Waals surface area contributed by atoms with E-state index >= 15 is 0 Å². The maximum atomic E-state index is 9.54. The summed E-state index contributed by atoms with van der Waals surface area (Å²) in [6.07, 6.45) is -0.0999. The van der Waals surface area contributed by atoms with Crippen LogP contribution in [0.5, 0.6) is 0 Å². The van der Waals surface area contributed by atoms with Gasteiger partial charge in [-0.1, -0.05) is 63.4 Å². The topological polar surface area (TPSA) is 63.1 Å². The molecule has 0 bridgehead atoms. The van der Waals surface area contributed by atoms with Gasteiger partial charge in [0.05, 0.1) is 23.0 Å². The Bertz CT molecular complexity index is 1220. The second-order valence-corrected chi connectivity index (χ2v) is 8.34. The molecule has 0 saturated heterocycles. The molecule has 3 N–H and O–H groups in total. The van der Waals surface area contributed by atoms with Gasteiger partial charge in [-0.05, 0) is 67.9 Å². The fraction of sp³-hybridized carbons (Fsp3) is 0.281. The molecular weight excluding hydrogens is 454 g/mol. The van der Waals surface area contributed by atoms with E-state index in [0.717, 1.165) is 22.8 Å². The first-order valence-corrected chi connectivity index (χ1v) is 12.6. The molecule has 5 heteroatoms. The summed E-state index contributed by atoms with van der Waals surface area (Å²) in [7, 11) is 1.89. The van der Waals surface area contributed by atoms with E-state index in [0.29, 0.717) is 18.7 Å². The molecule has 3 rings (SSSR count). The van der Waals surface area contributed by atoms with Crippen LogP contribution in [-0.2, 0) is 6.54 Å². The first-order valence-electron chi connectivity index (χ1n) is 12.6. The Morgan fingerprint density at radius 3 is 2.35 bits per heavy atom. The van der Waals surface area contributed by atoms with Crippen molar-refractivity contribution in [3.63, 3.8) is 0 Å². The number of allylic oxidation sites excluding steroid dienone is 1. The molecule has 37 heavy (non-hydrogen) atoms. The van der Waals surface area contributed by atoms with E-state index in [1.807, 2.05) is 46.0 Å². The van der Waals surface area contributed by atoms with Gasteiger partial charge in [-0.25, -0.2) is 0 Å². The summed E-state index contributed by atoms with van der Waals surface area (Å²) in [4.78, 5) is 2.10. The molecule has 0 aliphatic heterocycles. The SMILES string of the molecule is C=C.C=C(CNC)NC(C)N(C(=C)C)c1cc(C#N)ccc1NCc1c(C)ccc2ccccc12.CC. The normalized spacial score (nSPS) is 10.5. The third kappa shape index (κ3) is 8.27. The average Bonchev–Trinajstić information content (AvgIpc) is 2.91. The summed E-state index contributed by atoms with van der Waals surface area (Å²) < 4.78 is 0. The van der Waals surface area contributed by atoms with Gasteiger partial charge in [0.1, 0.15) is 6.17 Å². The highest BCUT2D eigenvalue weighted by Gasteiger charge is 2.20. The first-order chi connectivity index (χ1) is 17.8.